The fraction of sp³-hybridized carbons (Fsp3) is 0.222. The number of carbonyl (C=O) groups is 2. The number of rotatable bonds is 9. The van der Waals surface area contributed by atoms with Crippen molar-refractivity contribution >= 4 is 52.1 Å². The first-order valence-electron chi connectivity index (χ1n) is 11.4. The number of methoxy groups -OCH3 is 2. The van der Waals surface area contributed by atoms with E-state index in [1.54, 1.807) is 62.8 Å². The smallest absolute Gasteiger partial charge is 0.256 e. The van der Waals surface area contributed by atoms with Crippen molar-refractivity contribution in [2.24, 2.45) is 0 Å². The van der Waals surface area contributed by atoms with E-state index in [-0.39, 0.29) is 18.2 Å². The molecule has 36 heavy (non-hydrogen) atoms. The number of benzene rings is 3. The summed E-state index contributed by atoms with van der Waals surface area (Å²) < 4.78 is 10.4. The summed E-state index contributed by atoms with van der Waals surface area (Å²) in [6.07, 6.45) is 0.597. The van der Waals surface area contributed by atoms with Crippen LogP contribution in [0.2, 0.25) is 5.02 Å². The summed E-state index contributed by atoms with van der Waals surface area (Å²) >= 11 is 11.8. The van der Waals surface area contributed by atoms with Crippen molar-refractivity contribution in [1.82, 2.24) is 4.90 Å². The molecule has 186 valence electrons. The van der Waals surface area contributed by atoms with Crippen LogP contribution < -0.4 is 19.7 Å². The van der Waals surface area contributed by atoms with Gasteiger partial charge in [0.25, 0.3) is 5.91 Å². The second-order valence-electron chi connectivity index (χ2n) is 8.22. The monoisotopic (exact) mass is 523 g/mol. The molecule has 1 unspecified atom stereocenters. The lowest BCUT2D eigenvalue weighted by molar-refractivity contribution is -0.124. The van der Waals surface area contributed by atoms with Crippen LogP contribution in [0.3, 0.4) is 0 Å². The molecule has 1 aliphatic rings. The van der Waals surface area contributed by atoms with Crippen molar-refractivity contribution in [2.75, 3.05) is 31.0 Å². The number of nitrogens with zero attached hydrogens (tertiary/aromatic N) is 2. The van der Waals surface area contributed by atoms with Crippen LogP contribution >= 0.6 is 23.8 Å². The molecule has 1 atom stereocenters. The third-order valence-electron chi connectivity index (χ3n) is 5.96. The normalized spacial score (nSPS) is 15.2. The predicted octanol–water partition coefficient (Wildman–Crippen LogP) is 4.93. The van der Waals surface area contributed by atoms with Crippen molar-refractivity contribution in [3.8, 4) is 11.5 Å². The number of carbonyl (C=O) groups excluding carboxylic acids is 2. The summed E-state index contributed by atoms with van der Waals surface area (Å²) in [5.41, 5.74) is 2.30. The minimum Gasteiger partial charge on any atom is -0.497 e. The topological polar surface area (TPSA) is 71.1 Å². The molecule has 1 heterocycles. The van der Waals surface area contributed by atoms with E-state index < -0.39 is 6.04 Å². The summed E-state index contributed by atoms with van der Waals surface area (Å²) in [4.78, 5) is 29.8. The average Bonchev–Trinajstić information content (AvgIpc) is 3.12. The lowest BCUT2D eigenvalue weighted by atomic mass is 10.1. The number of amides is 2. The Labute approximate surface area is 220 Å². The summed E-state index contributed by atoms with van der Waals surface area (Å²) in [5.74, 6) is 0.927. The Kier molecular flexibility index (Phi) is 8.07. The molecule has 0 aromatic heterocycles. The third kappa shape index (κ3) is 5.78. The van der Waals surface area contributed by atoms with Gasteiger partial charge in [0.15, 0.2) is 5.11 Å². The summed E-state index contributed by atoms with van der Waals surface area (Å²) in [5, 5.41) is 3.78. The molecule has 4 rings (SSSR count). The van der Waals surface area contributed by atoms with Crippen molar-refractivity contribution in [3.63, 3.8) is 0 Å². The molecule has 3 aromatic rings. The molecule has 0 bridgehead atoms. The molecule has 0 saturated carbocycles. The Hall–Kier alpha value is -3.62. The first kappa shape index (κ1) is 25.5. The van der Waals surface area contributed by atoms with Crippen LogP contribution in [0.15, 0.2) is 72.8 Å². The van der Waals surface area contributed by atoms with Crippen LogP contribution in [0.4, 0.5) is 11.4 Å². The van der Waals surface area contributed by atoms with E-state index in [0.717, 1.165) is 11.3 Å². The van der Waals surface area contributed by atoms with E-state index in [1.807, 2.05) is 29.2 Å². The van der Waals surface area contributed by atoms with E-state index in [2.05, 4.69) is 5.32 Å². The van der Waals surface area contributed by atoms with Gasteiger partial charge in [-0.1, -0.05) is 23.7 Å². The SMILES string of the molecule is COc1ccc(CCN2C(=S)N(c3ccc(Cl)cc3)C(=O)C2CC(=O)Nc2ccc(OC)cc2)cc1. The van der Waals surface area contributed by atoms with Crippen molar-refractivity contribution in [3.05, 3.63) is 83.4 Å². The van der Waals surface area contributed by atoms with Gasteiger partial charge in [0.1, 0.15) is 17.5 Å². The molecule has 9 heteroatoms. The first-order valence-corrected chi connectivity index (χ1v) is 12.1. The van der Waals surface area contributed by atoms with Gasteiger partial charge in [0.2, 0.25) is 5.91 Å². The minimum absolute atomic E-state index is 0.0439. The highest BCUT2D eigenvalue weighted by molar-refractivity contribution is 7.80. The second kappa shape index (κ2) is 11.4. The van der Waals surface area contributed by atoms with Gasteiger partial charge in [-0.2, -0.15) is 0 Å². The van der Waals surface area contributed by atoms with Crippen LogP contribution in [-0.4, -0.2) is 48.6 Å². The van der Waals surface area contributed by atoms with Gasteiger partial charge in [0, 0.05) is 17.3 Å². The number of hydrogen-bond acceptors (Lipinski definition) is 5. The maximum atomic E-state index is 13.5. The zero-order chi connectivity index (χ0) is 25.7. The Morgan fingerprint density at radius 2 is 1.53 bits per heavy atom. The van der Waals surface area contributed by atoms with Crippen molar-refractivity contribution in [1.29, 1.82) is 0 Å². The average molecular weight is 524 g/mol. The lowest BCUT2D eigenvalue weighted by Crippen LogP contribution is -2.39. The van der Waals surface area contributed by atoms with Gasteiger partial charge >= 0.3 is 0 Å². The Balaban J connectivity index is 1.53. The van der Waals surface area contributed by atoms with Crippen LogP contribution in [0.1, 0.15) is 12.0 Å². The summed E-state index contributed by atoms with van der Waals surface area (Å²) in [6.45, 7) is 0.474. The number of thiocarbonyl (C=S) groups is 1. The quantitative estimate of drug-likeness (QED) is 0.401. The van der Waals surface area contributed by atoms with Crippen LogP contribution in [0.25, 0.3) is 0 Å². The van der Waals surface area contributed by atoms with Gasteiger partial charge in [-0.05, 0) is 84.9 Å². The fourth-order valence-electron chi connectivity index (χ4n) is 4.02. The van der Waals surface area contributed by atoms with E-state index >= 15 is 0 Å². The summed E-state index contributed by atoms with van der Waals surface area (Å²) in [6, 6.07) is 20.9. The van der Waals surface area contributed by atoms with E-state index in [4.69, 9.17) is 33.3 Å². The Bertz CT molecular complexity index is 1230. The van der Waals surface area contributed by atoms with Crippen LogP contribution in [0.5, 0.6) is 11.5 Å². The van der Waals surface area contributed by atoms with E-state index in [1.165, 1.54) is 4.90 Å². The molecule has 0 radical (unpaired) electrons. The third-order valence-corrected chi connectivity index (χ3v) is 6.63. The standard InChI is InChI=1S/C27H26ClN3O4S/c1-34-22-11-3-18(4-12-22)15-16-30-24(17-25(32)29-20-7-13-23(35-2)14-8-20)26(33)31(27(30)36)21-9-5-19(28)6-10-21/h3-14,24H,15-17H2,1-2H3,(H,29,32). The molecule has 2 amide bonds. The number of hydrogen-bond donors (Lipinski definition) is 1. The van der Waals surface area contributed by atoms with Crippen LogP contribution in [0, 0.1) is 0 Å². The highest BCUT2D eigenvalue weighted by Gasteiger charge is 2.43. The van der Waals surface area contributed by atoms with Gasteiger partial charge in [0.05, 0.1) is 26.3 Å². The number of anilines is 2. The van der Waals surface area contributed by atoms with E-state index in [9.17, 15) is 9.59 Å². The molecular weight excluding hydrogens is 498 g/mol. The predicted molar refractivity (Wildman–Crippen MR) is 145 cm³/mol. The van der Waals surface area contributed by atoms with Crippen LogP contribution in [-0.2, 0) is 16.0 Å². The molecule has 1 fully saturated rings. The van der Waals surface area contributed by atoms with Gasteiger partial charge < -0.3 is 19.7 Å². The number of ether oxygens (including phenoxy) is 2. The largest absolute Gasteiger partial charge is 0.497 e. The van der Waals surface area contributed by atoms with E-state index in [0.29, 0.717) is 40.2 Å². The maximum Gasteiger partial charge on any atom is 0.256 e. The highest BCUT2D eigenvalue weighted by atomic mass is 35.5. The molecule has 7 nitrogen and oxygen atoms in total. The van der Waals surface area contributed by atoms with Gasteiger partial charge in [-0.3, -0.25) is 14.5 Å². The summed E-state index contributed by atoms with van der Waals surface area (Å²) in [7, 11) is 3.20. The highest BCUT2D eigenvalue weighted by Crippen LogP contribution is 2.29. The molecule has 1 saturated heterocycles. The lowest BCUT2D eigenvalue weighted by Gasteiger charge is -2.24. The Morgan fingerprint density at radius 1 is 0.944 bits per heavy atom. The molecule has 1 N–H and O–H groups in total. The molecule has 1 aliphatic heterocycles. The van der Waals surface area contributed by atoms with Crippen molar-refractivity contribution < 1.29 is 19.1 Å². The Morgan fingerprint density at radius 3 is 2.11 bits per heavy atom. The fourth-order valence-corrected chi connectivity index (χ4v) is 4.56. The van der Waals surface area contributed by atoms with Crippen molar-refractivity contribution in [2.45, 2.75) is 18.9 Å². The molecule has 3 aromatic carbocycles. The first-order chi connectivity index (χ1) is 17.4. The minimum atomic E-state index is -0.732. The molecule has 0 spiro atoms. The zero-order valence-corrected chi connectivity index (χ0v) is 21.5. The van der Waals surface area contributed by atoms with Gasteiger partial charge in [-0.25, -0.2) is 0 Å². The second-order valence-corrected chi connectivity index (χ2v) is 9.02. The number of nitrogens with one attached hydrogen (secondary N) is 1. The maximum absolute atomic E-state index is 13.5. The van der Waals surface area contributed by atoms with Gasteiger partial charge in [-0.15, -0.1) is 0 Å². The number of halogens is 1. The molecule has 0 aliphatic carbocycles. The zero-order valence-electron chi connectivity index (χ0n) is 19.9. The molecular formula is C27H26ClN3O4S.